The number of nitrogens with one attached hydrogen (secondary N) is 1. The second kappa shape index (κ2) is 8.75. The number of thioether (sulfide) groups is 1. The van der Waals surface area contributed by atoms with Gasteiger partial charge < -0.3 is 14.3 Å². The number of aryl methyl sites for hydroxylation is 2. The van der Waals surface area contributed by atoms with Crippen molar-refractivity contribution in [3.8, 4) is 5.75 Å². The zero-order valence-corrected chi connectivity index (χ0v) is 18.1. The maximum Gasteiger partial charge on any atom is 0.191 e. The molecule has 0 aliphatic rings. The number of hydrogen-bond donors (Lipinski definition) is 1. The lowest BCUT2D eigenvalue weighted by atomic mass is 10.1. The third-order valence-electron chi connectivity index (χ3n) is 5.00. The monoisotopic (exact) mass is 420 g/mol. The number of pyridine rings is 1. The number of rotatable bonds is 7. The van der Waals surface area contributed by atoms with Gasteiger partial charge >= 0.3 is 0 Å². The first-order valence-corrected chi connectivity index (χ1v) is 10.9. The van der Waals surface area contributed by atoms with Gasteiger partial charge in [-0.05, 0) is 48.7 Å². The Morgan fingerprint density at radius 1 is 1.13 bits per heavy atom. The SMILES string of the molecule is CCc1ccc2[nH]c(CSc3nnc(COc4cccc(C)c4)n3C)cc(=O)c2c1. The molecule has 30 heavy (non-hydrogen) atoms. The molecule has 0 amide bonds. The molecule has 6 nitrogen and oxygen atoms in total. The van der Waals surface area contributed by atoms with Gasteiger partial charge in [-0.2, -0.15) is 0 Å². The highest BCUT2D eigenvalue weighted by Crippen LogP contribution is 2.22. The van der Waals surface area contributed by atoms with Crippen LogP contribution < -0.4 is 10.2 Å². The second-order valence-electron chi connectivity index (χ2n) is 7.24. The zero-order chi connectivity index (χ0) is 21.1. The molecule has 2 heterocycles. The third-order valence-corrected chi connectivity index (χ3v) is 6.07. The predicted octanol–water partition coefficient (Wildman–Crippen LogP) is 4.40. The van der Waals surface area contributed by atoms with Crippen LogP contribution in [0.25, 0.3) is 10.9 Å². The van der Waals surface area contributed by atoms with Gasteiger partial charge in [0.2, 0.25) is 0 Å². The number of nitrogens with zero attached hydrogens (tertiary/aromatic N) is 3. The van der Waals surface area contributed by atoms with Crippen LogP contribution in [0.5, 0.6) is 5.75 Å². The van der Waals surface area contributed by atoms with Gasteiger partial charge in [0.25, 0.3) is 0 Å². The van der Waals surface area contributed by atoms with Crippen LogP contribution in [0.3, 0.4) is 0 Å². The van der Waals surface area contributed by atoms with Gasteiger partial charge in [0, 0.05) is 35.5 Å². The fourth-order valence-corrected chi connectivity index (χ4v) is 4.08. The maximum absolute atomic E-state index is 12.5. The zero-order valence-electron chi connectivity index (χ0n) is 17.3. The minimum absolute atomic E-state index is 0.0415. The molecule has 4 rings (SSSR count). The van der Waals surface area contributed by atoms with E-state index < -0.39 is 0 Å². The fourth-order valence-electron chi connectivity index (χ4n) is 3.24. The van der Waals surface area contributed by atoms with Crippen molar-refractivity contribution in [2.45, 2.75) is 37.8 Å². The Labute approximate surface area is 179 Å². The molecule has 0 spiro atoms. The van der Waals surface area contributed by atoms with Crippen LogP contribution in [0.2, 0.25) is 0 Å². The van der Waals surface area contributed by atoms with E-state index in [2.05, 4.69) is 28.2 Å². The van der Waals surface area contributed by atoms with E-state index in [0.717, 1.165) is 50.9 Å². The van der Waals surface area contributed by atoms with Crippen molar-refractivity contribution in [3.05, 3.63) is 81.4 Å². The molecule has 0 aliphatic carbocycles. The first kappa shape index (κ1) is 20.2. The molecule has 0 atom stereocenters. The molecule has 0 saturated heterocycles. The standard InChI is InChI=1S/C23H24N4O2S/c1-4-16-8-9-20-19(11-16)21(28)12-17(24-20)14-30-23-26-25-22(27(23)3)13-29-18-7-5-6-15(2)10-18/h5-12H,4,13-14H2,1-3H3,(H,24,28). The van der Waals surface area contributed by atoms with Crippen LogP contribution in [0.15, 0.2) is 58.5 Å². The maximum atomic E-state index is 12.5. The van der Waals surface area contributed by atoms with Crippen molar-refractivity contribution >= 4 is 22.7 Å². The predicted molar refractivity (Wildman–Crippen MR) is 120 cm³/mol. The van der Waals surface area contributed by atoms with Crippen molar-refractivity contribution in [1.82, 2.24) is 19.7 Å². The first-order valence-electron chi connectivity index (χ1n) is 9.89. The van der Waals surface area contributed by atoms with Gasteiger partial charge in [0.05, 0.1) is 0 Å². The van der Waals surface area contributed by atoms with E-state index in [1.54, 1.807) is 6.07 Å². The number of ether oxygens (including phenoxy) is 1. The molecular formula is C23H24N4O2S. The van der Waals surface area contributed by atoms with Crippen LogP contribution in [-0.2, 0) is 25.8 Å². The van der Waals surface area contributed by atoms with E-state index >= 15 is 0 Å². The molecule has 0 aliphatic heterocycles. The number of hydrogen-bond acceptors (Lipinski definition) is 5. The van der Waals surface area contributed by atoms with E-state index in [1.807, 2.05) is 54.9 Å². The summed E-state index contributed by atoms with van der Waals surface area (Å²) in [6.07, 6.45) is 0.912. The third kappa shape index (κ3) is 4.41. The van der Waals surface area contributed by atoms with E-state index in [-0.39, 0.29) is 5.43 Å². The summed E-state index contributed by atoms with van der Waals surface area (Å²) in [5.74, 6) is 2.16. The lowest BCUT2D eigenvalue weighted by molar-refractivity contribution is 0.290. The number of benzene rings is 2. The molecular weight excluding hydrogens is 396 g/mol. The molecule has 7 heteroatoms. The Morgan fingerprint density at radius 3 is 2.80 bits per heavy atom. The highest BCUT2D eigenvalue weighted by atomic mass is 32.2. The van der Waals surface area contributed by atoms with Crippen molar-refractivity contribution in [2.24, 2.45) is 7.05 Å². The lowest BCUT2D eigenvalue weighted by Crippen LogP contribution is -2.06. The Bertz CT molecular complexity index is 1250. The Morgan fingerprint density at radius 2 is 2.00 bits per heavy atom. The normalized spacial score (nSPS) is 11.2. The molecule has 0 saturated carbocycles. The molecule has 1 N–H and O–H groups in total. The topological polar surface area (TPSA) is 72.8 Å². The smallest absolute Gasteiger partial charge is 0.191 e. The summed E-state index contributed by atoms with van der Waals surface area (Å²) in [5.41, 5.74) is 4.08. The molecule has 0 unspecified atom stereocenters. The van der Waals surface area contributed by atoms with Crippen LogP contribution in [0.4, 0.5) is 0 Å². The first-order chi connectivity index (χ1) is 14.5. The summed E-state index contributed by atoms with van der Waals surface area (Å²) in [4.78, 5) is 15.9. The molecule has 0 bridgehead atoms. The van der Waals surface area contributed by atoms with Gasteiger partial charge in [-0.15, -0.1) is 10.2 Å². The van der Waals surface area contributed by atoms with Gasteiger partial charge in [-0.1, -0.05) is 36.9 Å². The molecule has 4 aromatic rings. The highest BCUT2D eigenvalue weighted by Gasteiger charge is 2.11. The summed E-state index contributed by atoms with van der Waals surface area (Å²) >= 11 is 1.53. The second-order valence-corrected chi connectivity index (χ2v) is 8.19. The van der Waals surface area contributed by atoms with Crippen LogP contribution in [-0.4, -0.2) is 19.7 Å². The van der Waals surface area contributed by atoms with Crippen LogP contribution >= 0.6 is 11.8 Å². The van der Waals surface area contributed by atoms with Gasteiger partial charge in [-0.3, -0.25) is 4.79 Å². The summed E-state index contributed by atoms with van der Waals surface area (Å²) in [5, 5.41) is 10.0. The minimum atomic E-state index is 0.0415. The van der Waals surface area contributed by atoms with Crippen LogP contribution in [0.1, 0.15) is 29.6 Å². The molecule has 0 fully saturated rings. The highest BCUT2D eigenvalue weighted by molar-refractivity contribution is 7.98. The fraction of sp³-hybridized carbons (Fsp3) is 0.261. The van der Waals surface area contributed by atoms with E-state index in [0.29, 0.717) is 12.4 Å². The van der Waals surface area contributed by atoms with Gasteiger partial charge in [0.15, 0.2) is 16.4 Å². The average molecular weight is 421 g/mol. The quantitative estimate of drug-likeness (QED) is 0.449. The van der Waals surface area contributed by atoms with Gasteiger partial charge in [0.1, 0.15) is 12.4 Å². The van der Waals surface area contributed by atoms with E-state index in [4.69, 9.17) is 4.74 Å². The Kier molecular flexibility index (Phi) is 5.90. The number of fused-ring (bicyclic) bond motifs is 1. The number of H-pyrrole nitrogens is 1. The minimum Gasteiger partial charge on any atom is -0.486 e. The molecule has 2 aromatic carbocycles. The summed E-state index contributed by atoms with van der Waals surface area (Å²) in [6.45, 7) is 4.46. The van der Waals surface area contributed by atoms with Crippen LogP contribution in [0, 0.1) is 6.92 Å². The van der Waals surface area contributed by atoms with E-state index in [9.17, 15) is 4.79 Å². The summed E-state index contributed by atoms with van der Waals surface area (Å²) in [6, 6.07) is 15.6. The largest absolute Gasteiger partial charge is 0.486 e. The summed E-state index contributed by atoms with van der Waals surface area (Å²) < 4.78 is 7.76. The lowest BCUT2D eigenvalue weighted by Gasteiger charge is -2.08. The Hall–Kier alpha value is -3.06. The molecule has 0 radical (unpaired) electrons. The molecule has 154 valence electrons. The van der Waals surface area contributed by atoms with Crippen molar-refractivity contribution in [3.63, 3.8) is 0 Å². The number of aromatic nitrogens is 4. The van der Waals surface area contributed by atoms with Crippen molar-refractivity contribution in [1.29, 1.82) is 0 Å². The van der Waals surface area contributed by atoms with Crippen molar-refractivity contribution < 1.29 is 4.74 Å². The van der Waals surface area contributed by atoms with Gasteiger partial charge in [-0.25, -0.2) is 0 Å². The average Bonchev–Trinajstić information content (AvgIpc) is 3.10. The summed E-state index contributed by atoms with van der Waals surface area (Å²) in [7, 11) is 1.92. The Balaban J connectivity index is 1.44. The van der Waals surface area contributed by atoms with E-state index in [1.165, 1.54) is 11.8 Å². The number of aromatic amines is 1. The molecule has 2 aromatic heterocycles. The van der Waals surface area contributed by atoms with Crippen molar-refractivity contribution in [2.75, 3.05) is 0 Å².